The zero-order valence-electron chi connectivity index (χ0n) is 16.1. The van der Waals surface area contributed by atoms with Crippen molar-refractivity contribution in [2.45, 2.75) is 39.0 Å². The minimum Gasteiger partial charge on any atom is -0.444 e. The van der Waals surface area contributed by atoms with E-state index in [2.05, 4.69) is 31.4 Å². The van der Waals surface area contributed by atoms with E-state index in [0.29, 0.717) is 18.1 Å². The number of carbonyl (C=O) groups is 1. The molecule has 0 saturated heterocycles. The van der Waals surface area contributed by atoms with Crippen LogP contribution < -0.4 is 5.32 Å². The minimum atomic E-state index is -0.602. The molecule has 3 rings (SSSR count). The van der Waals surface area contributed by atoms with E-state index in [1.807, 2.05) is 73.8 Å². The molecule has 28 heavy (non-hydrogen) atoms. The Morgan fingerprint density at radius 1 is 1.18 bits per heavy atom. The van der Waals surface area contributed by atoms with Crippen molar-refractivity contribution in [3.05, 3.63) is 64.5 Å². The lowest BCUT2D eigenvalue weighted by atomic mass is 10.2. The van der Waals surface area contributed by atoms with Gasteiger partial charge in [0.1, 0.15) is 11.6 Å². The van der Waals surface area contributed by atoms with Gasteiger partial charge in [-0.25, -0.2) is 4.79 Å². The van der Waals surface area contributed by atoms with Crippen LogP contribution in [0.1, 0.15) is 38.2 Å². The van der Waals surface area contributed by atoms with Gasteiger partial charge in [-0.1, -0.05) is 30.3 Å². The molecule has 2 aromatic heterocycles. The molecule has 1 aromatic carbocycles. The van der Waals surface area contributed by atoms with Gasteiger partial charge in [-0.15, -0.1) is 10.2 Å². The fraction of sp³-hybridized carbons (Fsp3) is 0.350. The van der Waals surface area contributed by atoms with Gasteiger partial charge in [0, 0.05) is 10.7 Å². The standard InChI is InChI=1S/C20H23BrN4O3/c1-20(2,3)28-19(26)22-16(13-27-12-14-7-5-4-6-8-14)18-24-23-17-10-9-15(21)11-25(17)18/h4-11,16H,12-13H2,1-3H3,(H,22,26)/t16-/m1/s1. The van der Waals surface area contributed by atoms with Crippen LogP contribution in [0.4, 0.5) is 4.79 Å². The summed E-state index contributed by atoms with van der Waals surface area (Å²) < 4.78 is 13.9. The number of nitrogens with zero attached hydrogens (tertiary/aromatic N) is 3. The third kappa shape index (κ3) is 5.53. The number of alkyl carbamates (subject to hydrolysis) is 1. The van der Waals surface area contributed by atoms with Crippen LogP contribution >= 0.6 is 15.9 Å². The Hall–Kier alpha value is -2.45. The van der Waals surface area contributed by atoms with Crippen molar-refractivity contribution in [2.24, 2.45) is 0 Å². The Morgan fingerprint density at radius 3 is 2.64 bits per heavy atom. The van der Waals surface area contributed by atoms with Gasteiger partial charge in [-0.05, 0) is 54.4 Å². The zero-order chi connectivity index (χ0) is 20.1. The van der Waals surface area contributed by atoms with Gasteiger partial charge in [0.15, 0.2) is 11.5 Å². The lowest BCUT2D eigenvalue weighted by molar-refractivity contribution is 0.0420. The van der Waals surface area contributed by atoms with Gasteiger partial charge in [0.2, 0.25) is 0 Å². The fourth-order valence-electron chi connectivity index (χ4n) is 2.62. The van der Waals surface area contributed by atoms with Gasteiger partial charge in [0.05, 0.1) is 13.2 Å². The van der Waals surface area contributed by atoms with Crippen LogP contribution in [0.2, 0.25) is 0 Å². The number of carbonyl (C=O) groups excluding carboxylic acids is 1. The molecule has 0 fully saturated rings. The largest absolute Gasteiger partial charge is 0.444 e. The molecule has 0 saturated carbocycles. The Labute approximate surface area is 172 Å². The Bertz CT molecular complexity index is 938. The maximum Gasteiger partial charge on any atom is 0.408 e. The van der Waals surface area contributed by atoms with Crippen LogP contribution in [-0.4, -0.2) is 32.9 Å². The molecule has 3 aromatic rings. The van der Waals surface area contributed by atoms with Crippen molar-refractivity contribution in [1.29, 1.82) is 0 Å². The quantitative estimate of drug-likeness (QED) is 0.611. The first-order chi connectivity index (χ1) is 13.3. The molecule has 0 aliphatic carbocycles. The second-order valence-electron chi connectivity index (χ2n) is 7.33. The van der Waals surface area contributed by atoms with Crippen molar-refractivity contribution >= 4 is 27.7 Å². The smallest absolute Gasteiger partial charge is 0.408 e. The topological polar surface area (TPSA) is 77.8 Å². The number of fused-ring (bicyclic) bond motifs is 1. The lowest BCUT2D eigenvalue weighted by Gasteiger charge is -2.23. The highest BCUT2D eigenvalue weighted by Gasteiger charge is 2.24. The molecule has 0 aliphatic rings. The first-order valence-corrected chi connectivity index (χ1v) is 9.72. The first-order valence-electron chi connectivity index (χ1n) is 8.93. The molecule has 0 spiro atoms. The maximum atomic E-state index is 12.3. The molecule has 2 heterocycles. The van der Waals surface area contributed by atoms with Gasteiger partial charge in [0.25, 0.3) is 0 Å². The maximum absolute atomic E-state index is 12.3. The van der Waals surface area contributed by atoms with Crippen LogP contribution in [0.25, 0.3) is 5.65 Å². The van der Waals surface area contributed by atoms with Gasteiger partial charge in [-0.3, -0.25) is 4.40 Å². The monoisotopic (exact) mass is 446 g/mol. The molecule has 1 amide bonds. The predicted octanol–water partition coefficient (Wildman–Crippen LogP) is 4.27. The highest BCUT2D eigenvalue weighted by atomic mass is 79.9. The van der Waals surface area contributed by atoms with E-state index >= 15 is 0 Å². The molecule has 7 nitrogen and oxygen atoms in total. The van der Waals surface area contributed by atoms with E-state index in [4.69, 9.17) is 9.47 Å². The van der Waals surface area contributed by atoms with Gasteiger partial charge >= 0.3 is 6.09 Å². The SMILES string of the molecule is CC(C)(C)OC(=O)N[C@H](COCc1ccccc1)c1nnc2ccc(Br)cn12. The summed E-state index contributed by atoms with van der Waals surface area (Å²) in [6.07, 6.45) is 1.32. The highest BCUT2D eigenvalue weighted by Crippen LogP contribution is 2.18. The molecule has 0 radical (unpaired) electrons. The van der Waals surface area contributed by atoms with Crippen molar-refractivity contribution in [1.82, 2.24) is 19.9 Å². The lowest BCUT2D eigenvalue weighted by Crippen LogP contribution is -2.37. The number of halogens is 1. The Balaban J connectivity index is 1.78. The average Bonchev–Trinajstić information content (AvgIpc) is 3.03. The molecular weight excluding hydrogens is 424 g/mol. The molecule has 0 bridgehead atoms. The predicted molar refractivity (Wildman–Crippen MR) is 109 cm³/mol. The molecule has 0 aliphatic heterocycles. The normalized spacial score (nSPS) is 12.7. The van der Waals surface area contributed by atoms with Gasteiger partial charge < -0.3 is 14.8 Å². The van der Waals surface area contributed by atoms with Crippen LogP contribution in [0.5, 0.6) is 0 Å². The number of amides is 1. The number of hydrogen-bond donors (Lipinski definition) is 1. The molecule has 1 atom stereocenters. The Kier molecular flexibility index (Phi) is 6.31. The van der Waals surface area contributed by atoms with E-state index in [0.717, 1.165) is 10.0 Å². The molecule has 148 valence electrons. The minimum absolute atomic E-state index is 0.224. The number of ether oxygens (including phenoxy) is 2. The zero-order valence-corrected chi connectivity index (χ0v) is 17.6. The van der Waals surface area contributed by atoms with E-state index in [9.17, 15) is 4.79 Å². The average molecular weight is 447 g/mol. The van der Waals surface area contributed by atoms with Crippen molar-refractivity contribution in [3.8, 4) is 0 Å². The number of benzene rings is 1. The van der Waals surface area contributed by atoms with E-state index < -0.39 is 17.7 Å². The summed E-state index contributed by atoms with van der Waals surface area (Å²) in [6.45, 7) is 6.10. The molecule has 1 N–H and O–H groups in total. The van der Waals surface area contributed by atoms with Crippen molar-refractivity contribution in [3.63, 3.8) is 0 Å². The molecule has 8 heteroatoms. The summed E-state index contributed by atoms with van der Waals surface area (Å²) in [6, 6.07) is 13.0. The summed E-state index contributed by atoms with van der Waals surface area (Å²) in [5.41, 5.74) is 1.12. The van der Waals surface area contributed by atoms with Crippen LogP contribution in [-0.2, 0) is 16.1 Å². The number of pyridine rings is 1. The summed E-state index contributed by atoms with van der Waals surface area (Å²) in [5.74, 6) is 0.565. The van der Waals surface area contributed by atoms with E-state index in [-0.39, 0.29) is 6.61 Å². The summed E-state index contributed by atoms with van der Waals surface area (Å²) in [7, 11) is 0. The summed E-state index contributed by atoms with van der Waals surface area (Å²) in [5, 5.41) is 11.3. The highest BCUT2D eigenvalue weighted by molar-refractivity contribution is 9.10. The van der Waals surface area contributed by atoms with Crippen LogP contribution in [0.15, 0.2) is 53.1 Å². The van der Waals surface area contributed by atoms with Crippen LogP contribution in [0, 0.1) is 0 Å². The number of nitrogens with one attached hydrogen (secondary N) is 1. The van der Waals surface area contributed by atoms with E-state index in [1.165, 1.54) is 0 Å². The Morgan fingerprint density at radius 2 is 1.93 bits per heavy atom. The number of hydrogen-bond acceptors (Lipinski definition) is 5. The second kappa shape index (κ2) is 8.70. The first kappa shape index (κ1) is 20.3. The fourth-order valence-corrected chi connectivity index (χ4v) is 2.96. The van der Waals surface area contributed by atoms with Crippen LogP contribution in [0.3, 0.4) is 0 Å². The van der Waals surface area contributed by atoms with E-state index in [1.54, 1.807) is 0 Å². The number of rotatable bonds is 6. The third-order valence-electron chi connectivity index (χ3n) is 3.79. The van der Waals surface area contributed by atoms with Crippen molar-refractivity contribution in [2.75, 3.05) is 6.61 Å². The third-order valence-corrected chi connectivity index (χ3v) is 4.26. The van der Waals surface area contributed by atoms with Crippen molar-refractivity contribution < 1.29 is 14.3 Å². The summed E-state index contributed by atoms with van der Waals surface area (Å²) in [4.78, 5) is 12.3. The van der Waals surface area contributed by atoms with Gasteiger partial charge in [-0.2, -0.15) is 0 Å². The summed E-state index contributed by atoms with van der Waals surface area (Å²) >= 11 is 3.45. The number of aromatic nitrogens is 3. The molecular formula is C20H23BrN4O3. The molecule has 0 unspecified atom stereocenters. The second-order valence-corrected chi connectivity index (χ2v) is 8.25.